The molecule has 30 heavy (non-hydrogen) atoms. The zero-order chi connectivity index (χ0) is 21.4. The predicted octanol–water partition coefficient (Wildman–Crippen LogP) is 4.91. The van der Waals surface area contributed by atoms with E-state index in [-0.39, 0.29) is 11.5 Å². The van der Waals surface area contributed by atoms with Crippen LogP contribution in [0.3, 0.4) is 0 Å². The topological polar surface area (TPSA) is 64.0 Å². The van der Waals surface area contributed by atoms with Gasteiger partial charge in [-0.15, -0.1) is 11.3 Å². The average Bonchev–Trinajstić information content (AvgIpc) is 3.11. The largest absolute Gasteiger partial charge is 0.324 e. The van der Waals surface area contributed by atoms with E-state index in [1.54, 1.807) is 18.3 Å². The third kappa shape index (κ3) is 3.58. The summed E-state index contributed by atoms with van der Waals surface area (Å²) in [7, 11) is 0. The van der Waals surface area contributed by atoms with E-state index < -0.39 is 6.04 Å². The molecule has 2 heterocycles. The Labute approximate surface area is 181 Å². The molecule has 0 fully saturated rings. The second kappa shape index (κ2) is 8.34. The highest BCUT2D eigenvalue weighted by Gasteiger charge is 2.25. The van der Waals surface area contributed by atoms with Crippen LogP contribution in [0, 0.1) is 5.92 Å². The molecule has 0 spiro atoms. The lowest BCUT2D eigenvalue weighted by Gasteiger charge is -2.19. The van der Waals surface area contributed by atoms with E-state index in [1.807, 2.05) is 18.2 Å². The predicted molar refractivity (Wildman–Crippen MR) is 124 cm³/mol. The Bertz CT molecular complexity index is 1140. The minimum absolute atomic E-state index is 0.103. The van der Waals surface area contributed by atoms with Gasteiger partial charge in [0.15, 0.2) is 0 Å². The zero-order valence-electron chi connectivity index (χ0n) is 18.1. The second-order valence-electron chi connectivity index (χ2n) is 8.31. The molecule has 0 bridgehead atoms. The quantitative estimate of drug-likeness (QED) is 0.634. The molecule has 0 saturated carbocycles. The zero-order valence-corrected chi connectivity index (χ0v) is 18.9. The van der Waals surface area contributed by atoms with Gasteiger partial charge in [0.05, 0.1) is 11.7 Å². The maximum absolute atomic E-state index is 13.3. The highest BCUT2D eigenvalue weighted by atomic mass is 32.1. The van der Waals surface area contributed by atoms with Crippen LogP contribution in [0.2, 0.25) is 0 Å². The molecule has 5 nitrogen and oxygen atoms in total. The number of anilines is 1. The number of carbonyl (C=O) groups is 1. The fourth-order valence-corrected chi connectivity index (χ4v) is 5.72. The first-order valence-corrected chi connectivity index (χ1v) is 11.7. The molecule has 1 aliphatic rings. The number of aryl methyl sites for hydroxylation is 3. The SMILES string of the molecule is CCc1cccc(CC)c1NC(=O)[C@@H](C)n1cnc2sc3c(c2c1=O)CC[C@H](C)C3. The number of thiophene rings is 1. The molecule has 158 valence electrons. The number of hydrogen-bond donors (Lipinski definition) is 1. The van der Waals surface area contributed by atoms with E-state index in [4.69, 9.17) is 0 Å². The van der Waals surface area contributed by atoms with E-state index in [2.05, 4.69) is 31.1 Å². The van der Waals surface area contributed by atoms with Crippen molar-refractivity contribution in [3.8, 4) is 0 Å². The number of para-hydroxylation sites is 1. The number of fused-ring (bicyclic) bond motifs is 3. The van der Waals surface area contributed by atoms with Crippen molar-refractivity contribution < 1.29 is 4.79 Å². The smallest absolute Gasteiger partial charge is 0.263 e. The van der Waals surface area contributed by atoms with Crippen LogP contribution in [0.25, 0.3) is 10.2 Å². The van der Waals surface area contributed by atoms with Gasteiger partial charge in [0, 0.05) is 10.6 Å². The minimum Gasteiger partial charge on any atom is -0.324 e. The molecule has 1 aliphatic carbocycles. The summed E-state index contributed by atoms with van der Waals surface area (Å²) in [5.74, 6) is 0.454. The summed E-state index contributed by atoms with van der Waals surface area (Å²) in [4.78, 5) is 33.1. The van der Waals surface area contributed by atoms with E-state index >= 15 is 0 Å². The first-order chi connectivity index (χ1) is 14.4. The van der Waals surface area contributed by atoms with Crippen LogP contribution in [0.5, 0.6) is 0 Å². The van der Waals surface area contributed by atoms with Crippen LogP contribution in [0.1, 0.15) is 61.7 Å². The van der Waals surface area contributed by atoms with Gasteiger partial charge in [0.2, 0.25) is 5.91 Å². The van der Waals surface area contributed by atoms with Gasteiger partial charge in [-0.2, -0.15) is 0 Å². The average molecular weight is 424 g/mol. The molecule has 0 saturated heterocycles. The lowest BCUT2D eigenvalue weighted by atomic mass is 9.89. The number of nitrogens with zero attached hydrogens (tertiary/aromatic N) is 2. The Kier molecular flexibility index (Phi) is 5.78. The molecule has 0 aliphatic heterocycles. The molecule has 1 N–H and O–H groups in total. The summed E-state index contributed by atoms with van der Waals surface area (Å²) in [6, 6.07) is 5.47. The minimum atomic E-state index is -0.637. The molecule has 0 unspecified atom stereocenters. The van der Waals surface area contributed by atoms with Crippen molar-refractivity contribution in [2.45, 2.75) is 65.8 Å². The first kappa shape index (κ1) is 20.8. The van der Waals surface area contributed by atoms with Gasteiger partial charge in [-0.25, -0.2) is 4.98 Å². The molecule has 6 heteroatoms. The van der Waals surface area contributed by atoms with Gasteiger partial charge in [-0.05, 0) is 61.6 Å². The van der Waals surface area contributed by atoms with E-state index in [0.717, 1.165) is 59.3 Å². The molecule has 2 atom stereocenters. The molecule has 2 aromatic heterocycles. The summed E-state index contributed by atoms with van der Waals surface area (Å²) in [5.41, 5.74) is 4.14. The summed E-state index contributed by atoms with van der Waals surface area (Å²) in [6.45, 7) is 8.18. The summed E-state index contributed by atoms with van der Waals surface area (Å²) < 4.78 is 1.49. The maximum Gasteiger partial charge on any atom is 0.263 e. The van der Waals surface area contributed by atoms with E-state index in [9.17, 15) is 9.59 Å². The fraction of sp³-hybridized carbons (Fsp3) is 0.458. The number of carbonyl (C=O) groups excluding carboxylic acids is 1. The molecule has 3 aromatic rings. The number of benzene rings is 1. The molecular formula is C24H29N3O2S. The van der Waals surface area contributed by atoms with Crippen molar-refractivity contribution in [1.29, 1.82) is 0 Å². The number of hydrogen-bond acceptors (Lipinski definition) is 4. The Morgan fingerprint density at radius 2 is 2.00 bits per heavy atom. The van der Waals surface area contributed by atoms with Crippen LogP contribution < -0.4 is 10.9 Å². The summed E-state index contributed by atoms with van der Waals surface area (Å²) >= 11 is 1.63. The number of aromatic nitrogens is 2. The van der Waals surface area contributed by atoms with E-state index in [1.165, 1.54) is 15.8 Å². The van der Waals surface area contributed by atoms with Crippen LogP contribution in [-0.2, 0) is 30.5 Å². The van der Waals surface area contributed by atoms with Crippen molar-refractivity contribution in [2.24, 2.45) is 5.92 Å². The molecule has 1 amide bonds. The fourth-order valence-electron chi connectivity index (χ4n) is 4.38. The van der Waals surface area contributed by atoms with Gasteiger partial charge in [0.1, 0.15) is 10.9 Å². The third-order valence-corrected chi connectivity index (χ3v) is 7.45. The third-order valence-electron chi connectivity index (χ3n) is 6.28. The van der Waals surface area contributed by atoms with E-state index in [0.29, 0.717) is 11.3 Å². The first-order valence-electron chi connectivity index (χ1n) is 10.9. The molecular weight excluding hydrogens is 394 g/mol. The van der Waals surface area contributed by atoms with Gasteiger partial charge in [-0.3, -0.25) is 14.2 Å². The number of nitrogens with one attached hydrogen (secondary N) is 1. The Hall–Kier alpha value is -2.47. The maximum atomic E-state index is 13.3. The standard InChI is InChI=1S/C24H29N3O2S/c1-5-16-8-7-9-17(6-2)21(16)26-22(28)15(4)27-13-25-23-20(24(27)29)18-11-10-14(3)12-19(18)30-23/h7-9,13-15H,5-6,10-12H2,1-4H3,(H,26,28)/t14-,15+/m0/s1. The van der Waals surface area contributed by atoms with Crippen molar-refractivity contribution >= 4 is 33.1 Å². The van der Waals surface area contributed by atoms with Crippen LogP contribution in [0.15, 0.2) is 29.3 Å². The van der Waals surface area contributed by atoms with Crippen molar-refractivity contribution in [2.75, 3.05) is 5.32 Å². The van der Waals surface area contributed by atoms with Crippen LogP contribution in [-0.4, -0.2) is 15.5 Å². The van der Waals surface area contributed by atoms with Crippen molar-refractivity contribution in [1.82, 2.24) is 9.55 Å². The number of rotatable bonds is 5. The van der Waals surface area contributed by atoms with Gasteiger partial charge < -0.3 is 5.32 Å². The highest BCUT2D eigenvalue weighted by molar-refractivity contribution is 7.18. The van der Waals surface area contributed by atoms with Gasteiger partial charge in [-0.1, -0.05) is 39.0 Å². The summed E-state index contributed by atoms with van der Waals surface area (Å²) in [5, 5.41) is 3.81. The molecule has 4 rings (SSSR count). The van der Waals surface area contributed by atoms with Crippen LogP contribution in [0.4, 0.5) is 5.69 Å². The molecule has 0 radical (unpaired) electrons. The Morgan fingerprint density at radius 3 is 2.67 bits per heavy atom. The summed E-state index contributed by atoms with van der Waals surface area (Å²) in [6.07, 6.45) is 6.24. The van der Waals surface area contributed by atoms with Crippen molar-refractivity contribution in [3.63, 3.8) is 0 Å². The lowest BCUT2D eigenvalue weighted by Crippen LogP contribution is -2.32. The van der Waals surface area contributed by atoms with Crippen molar-refractivity contribution in [3.05, 3.63) is 56.4 Å². The normalized spacial score (nSPS) is 17.0. The molecule has 1 aromatic carbocycles. The van der Waals surface area contributed by atoms with Crippen LogP contribution >= 0.6 is 11.3 Å². The Balaban J connectivity index is 1.69. The van der Waals surface area contributed by atoms with Gasteiger partial charge in [0.25, 0.3) is 5.56 Å². The Morgan fingerprint density at radius 1 is 1.30 bits per heavy atom. The second-order valence-corrected chi connectivity index (χ2v) is 9.40. The van der Waals surface area contributed by atoms with Gasteiger partial charge >= 0.3 is 0 Å². The number of amides is 1. The lowest BCUT2D eigenvalue weighted by molar-refractivity contribution is -0.118. The highest BCUT2D eigenvalue weighted by Crippen LogP contribution is 2.35. The monoisotopic (exact) mass is 423 g/mol.